The van der Waals surface area contributed by atoms with Crippen molar-refractivity contribution in [3.8, 4) is 5.75 Å². The van der Waals surface area contributed by atoms with Gasteiger partial charge in [0.1, 0.15) is 11.4 Å². The summed E-state index contributed by atoms with van der Waals surface area (Å²) in [6.45, 7) is 2.25. The van der Waals surface area contributed by atoms with E-state index in [2.05, 4.69) is 9.97 Å². The molecule has 0 unspecified atom stereocenters. The topological polar surface area (TPSA) is 61.0 Å². The normalized spacial score (nSPS) is 11.0. The standard InChI is InChI=1S/C16H19F2N3OS/c1-10-7-13(15(17)18)21-16(20-10)23-9-12-8-11(5-6-19)3-4-14(12)22-2/h3-4,7-8,15H,5-6,9,19H2,1-2H3. The van der Waals surface area contributed by atoms with Gasteiger partial charge in [0.2, 0.25) is 0 Å². The molecule has 0 aliphatic rings. The van der Waals surface area contributed by atoms with Gasteiger partial charge in [-0.15, -0.1) is 0 Å². The number of halogens is 2. The van der Waals surface area contributed by atoms with Gasteiger partial charge in [0.25, 0.3) is 6.43 Å². The first-order valence-corrected chi connectivity index (χ1v) is 8.14. The third-order valence-corrected chi connectivity index (χ3v) is 4.11. The maximum Gasteiger partial charge on any atom is 0.280 e. The van der Waals surface area contributed by atoms with Gasteiger partial charge in [0, 0.05) is 17.0 Å². The van der Waals surface area contributed by atoms with E-state index in [1.807, 2.05) is 18.2 Å². The summed E-state index contributed by atoms with van der Waals surface area (Å²) in [6.07, 6.45) is -1.82. The van der Waals surface area contributed by atoms with Crippen molar-refractivity contribution in [2.45, 2.75) is 30.7 Å². The lowest BCUT2D eigenvalue weighted by molar-refractivity contribution is 0.145. The van der Waals surface area contributed by atoms with Crippen molar-refractivity contribution in [2.75, 3.05) is 13.7 Å². The highest BCUT2D eigenvalue weighted by atomic mass is 32.2. The number of thioether (sulfide) groups is 1. The van der Waals surface area contributed by atoms with E-state index in [-0.39, 0.29) is 5.69 Å². The van der Waals surface area contributed by atoms with Crippen LogP contribution in [0.3, 0.4) is 0 Å². The van der Waals surface area contributed by atoms with Crippen LogP contribution in [0.5, 0.6) is 5.75 Å². The number of ether oxygens (including phenoxy) is 1. The molecule has 0 saturated carbocycles. The fourth-order valence-electron chi connectivity index (χ4n) is 2.15. The first-order valence-electron chi connectivity index (χ1n) is 7.16. The second kappa shape index (κ2) is 8.21. The summed E-state index contributed by atoms with van der Waals surface area (Å²) in [5.74, 6) is 1.29. The zero-order chi connectivity index (χ0) is 16.8. The molecule has 0 spiro atoms. The molecule has 0 atom stereocenters. The van der Waals surface area contributed by atoms with Crippen LogP contribution in [0.15, 0.2) is 29.4 Å². The highest BCUT2D eigenvalue weighted by Gasteiger charge is 2.13. The predicted octanol–water partition coefficient (Wildman–Crippen LogP) is 3.52. The molecule has 1 aromatic carbocycles. The molecule has 4 nitrogen and oxygen atoms in total. The van der Waals surface area contributed by atoms with Crippen molar-refractivity contribution in [2.24, 2.45) is 5.73 Å². The van der Waals surface area contributed by atoms with Gasteiger partial charge in [-0.2, -0.15) is 0 Å². The number of nitrogens with two attached hydrogens (primary N) is 1. The van der Waals surface area contributed by atoms with Crippen molar-refractivity contribution in [1.82, 2.24) is 9.97 Å². The fraction of sp³-hybridized carbons (Fsp3) is 0.375. The molecule has 0 fully saturated rings. The highest BCUT2D eigenvalue weighted by molar-refractivity contribution is 7.98. The first-order chi connectivity index (χ1) is 11.0. The maximum absolute atomic E-state index is 12.8. The van der Waals surface area contributed by atoms with Crippen LogP contribution in [0.4, 0.5) is 8.78 Å². The molecule has 1 heterocycles. The van der Waals surface area contributed by atoms with Crippen LogP contribution >= 0.6 is 11.8 Å². The van der Waals surface area contributed by atoms with Gasteiger partial charge in [-0.3, -0.25) is 0 Å². The third kappa shape index (κ3) is 4.87. The Morgan fingerprint density at radius 1 is 1.26 bits per heavy atom. The van der Waals surface area contributed by atoms with Crippen molar-refractivity contribution in [3.05, 3.63) is 46.8 Å². The molecule has 2 rings (SSSR count). The number of nitrogens with zero attached hydrogens (tertiary/aromatic N) is 2. The van der Waals surface area contributed by atoms with Gasteiger partial charge in [0.15, 0.2) is 5.16 Å². The molecule has 0 bridgehead atoms. The van der Waals surface area contributed by atoms with Crippen LogP contribution in [0.25, 0.3) is 0 Å². The van der Waals surface area contributed by atoms with E-state index in [1.165, 1.54) is 17.8 Å². The van der Waals surface area contributed by atoms with E-state index in [0.29, 0.717) is 23.1 Å². The number of aromatic nitrogens is 2. The summed E-state index contributed by atoms with van der Waals surface area (Å²) in [7, 11) is 1.60. The van der Waals surface area contributed by atoms with E-state index < -0.39 is 6.43 Å². The largest absolute Gasteiger partial charge is 0.496 e. The van der Waals surface area contributed by atoms with Gasteiger partial charge in [0.05, 0.1) is 7.11 Å². The average Bonchev–Trinajstić information content (AvgIpc) is 2.53. The number of rotatable bonds is 7. The van der Waals surface area contributed by atoms with Gasteiger partial charge in [-0.05, 0) is 37.6 Å². The Labute approximate surface area is 138 Å². The van der Waals surface area contributed by atoms with Crippen LogP contribution in [-0.2, 0) is 12.2 Å². The second-order valence-electron chi connectivity index (χ2n) is 4.99. The zero-order valence-corrected chi connectivity index (χ0v) is 13.9. The third-order valence-electron chi connectivity index (χ3n) is 3.21. The quantitative estimate of drug-likeness (QED) is 0.618. The lowest BCUT2D eigenvalue weighted by Crippen LogP contribution is -2.03. The lowest BCUT2D eigenvalue weighted by Gasteiger charge is -2.10. The number of alkyl halides is 2. The molecule has 0 saturated heterocycles. The molecule has 0 aliphatic carbocycles. The van der Waals surface area contributed by atoms with Crippen molar-refractivity contribution in [3.63, 3.8) is 0 Å². The average molecular weight is 339 g/mol. The smallest absolute Gasteiger partial charge is 0.280 e. The van der Waals surface area contributed by atoms with Crippen LogP contribution in [0, 0.1) is 6.92 Å². The maximum atomic E-state index is 12.8. The van der Waals surface area contributed by atoms with Gasteiger partial charge in [-0.1, -0.05) is 23.9 Å². The molecular formula is C16H19F2N3OS. The summed E-state index contributed by atoms with van der Waals surface area (Å²) >= 11 is 1.31. The molecule has 2 aromatic rings. The van der Waals surface area contributed by atoms with Gasteiger partial charge in [-0.25, -0.2) is 18.7 Å². The van der Waals surface area contributed by atoms with Crippen molar-refractivity contribution >= 4 is 11.8 Å². The molecule has 2 N–H and O–H groups in total. The SMILES string of the molecule is COc1ccc(CCN)cc1CSc1nc(C)cc(C(F)F)n1. The number of hydrogen-bond acceptors (Lipinski definition) is 5. The molecule has 124 valence electrons. The van der Waals surface area contributed by atoms with Crippen LogP contribution < -0.4 is 10.5 Å². The molecule has 0 aliphatic heterocycles. The fourth-order valence-corrected chi connectivity index (χ4v) is 3.04. The molecule has 7 heteroatoms. The number of hydrogen-bond donors (Lipinski definition) is 1. The van der Waals surface area contributed by atoms with Crippen molar-refractivity contribution < 1.29 is 13.5 Å². The summed E-state index contributed by atoms with van der Waals surface area (Å²) in [4.78, 5) is 8.11. The minimum absolute atomic E-state index is 0.246. The monoisotopic (exact) mass is 339 g/mol. The summed E-state index contributed by atoms with van der Waals surface area (Å²) < 4.78 is 31.0. The highest BCUT2D eigenvalue weighted by Crippen LogP contribution is 2.28. The first kappa shape index (κ1) is 17.6. The van der Waals surface area contributed by atoms with Crippen LogP contribution in [0.2, 0.25) is 0 Å². The minimum Gasteiger partial charge on any atom is -0.496 e. The Morgan fingerprint density at radius 2 is 2.04 bits per heavy atom. The Kier molecular flexibility index (Phi) is 6.29. The second-order valence-corrected chi connectivity index (χ2v) is 5.93. The Morgan fingerprint density at radius 3 is 2.70 bits per heavy atom. The van der Waals surface area contributed by atoms with E-state index in [4.69, 9.17) is 10.5 Å². The van der Waals surface area contributed by atoms with Crippen molar-refractivity contribution in [1.29, 1.82) is 0 Å². The Bertz CT molecular complexity index is 668. The Hall–Kier alpha value is -1.73. The molecular weight excluding hydrogens is 320 g/mol. The van der Waals surface area contributed by atoms with Gasteiger partial charge >= 0.3 is 0 Å². The van der Waals surface area contributed by atoms with Gasteiger partial charge < -0.3 is 10.5 Å². The van der Waals surface area contributed by atoms with Crippen LogP contribution in [-0.4, -0.2) is 23.6 Å². The van der Waals surface area contributed by atoms with E-state index >= 15 is 0 Å². The zero-order valence-electron chi connectivity index (χ0n) is 13.1. The van der Waals surface area contributed by atoms with E-state index in [1.54, 1.807) is 14.0 Å². The molecule has 0 radical (unpaired) electrons. The van der Waals surface area contributed by atoms with E-state index in [9.17, 15) is 8.78 Å². The molecule has 1 aromatic heterocycles. The lowest BCUT2D eigenvalue weighted by atomic mass is 10.1. The summed E-state index contributed by atoms with van der Waals surface area (Å²) in [5, 5.41) is 0.339. The predicted molar refractivity (Wildman–Crippen MR) is 87.0 cm³/mol. The summed E-state index contributed by atoms with van der Waals surface area (Å²) in [5.41, 5.74) is 7.94. The number of aryl methyl sites for hydroxylation is 1. The van der Waals surface area contributed by atoms with E-state index in [0.717, 1.165) is 23.3 Å². The molecule has 0 amide bonds. The molecule has 23 heavy (non-hydrogen) atoms. The summed E-state index contributed by atoms with van der Waals surface area (Å²) in [6, 6.07) is 7.18. The van der Waals surface area contributed by atoms with Crippen LogP contribution in [0.1, 0.15) is 28.9 Å². The Balaban J connectivity index is 2.18. The minimum atomic E-state index is -2.60. The number of benzene rings is 1. The number of methoxy groups -OCH3 is 1.